The fourth-order valence-corrected chi connectivity index (χ4v) is 1.53. The lowest BCUT2D eigenvalue weighted by molar-refractivity contribution is -0.384. The van der Waals surface area contributed by atoms with Gasteiger partial charge < -0.3 is 0 Å². The normalized spacial score (nSPS) is 10.5. The highest BCUT2D eigenvalue weighted by Gasteiger charge is 2.09. The third-order valence-corrected chi connectivity index (χ3v) is 2.82. The Balaban J connectivity index is 2.72. The van der Waals surface area contributed by atoms with Crippen LogP contribution in [0.25, 0.3) is 11.0 Å². The van der Waals surface area contributed by atoms with Gasteiger partial charge in [-0.2, -0.15) is 0 Å². The van der Waals surface area contributed by atoms with E-state index in [1.165, 1.54) is 18.2 Å². The zero-order valence-electron chi connectivity index (χ0n) is 7.15. The number of rotatable bonds is 1. The number of halogens is 2. The van der Waals surface area contributed by atoms with E-state index in [1.54, 1.807) is 0 Å². The summed E-state index contributed by atoms with van der Waals surface area (Å²) in [7, 11) is 0. The molecule has 0 saturated carbocycles. The van der Waals surface area contributed by atoms with Crippen molar-refractivity contribution < 1.29 is 4.92 Å². The molecule has 0 aliphatic heterocycles. The molecule has 15 heavy (non-hydrogen) atoms. The number of fused-ring (bicyclic) bond motifs is 1. The topological polar surface area (TPSA) is 68.9 Å². The maximum absolute atomic E-state index is 10.5. The molecule has 1 heterocycles. The molecule has 2 rings (SSSR count). The van der Waals surface area contributed by atoms with Crippen LogP contribution in [0.1, 0.15) is 0 Å². The molecule has 0 aliphatic rings. The van der Waals surface area contributed by atoms with Crippen LogP contribution in [0, 0.1) is 10.1 Å². The van der Waals surface area contributed by atoms with Crippen molar-refractivity contribution >= 4 is 44.3 Å². The van der Waals surface area contributed by atoms with E-state index in [9.17, 15) is 10.1 Å². The molecular weight excluding hydrogens is 285 g/mol. The standard InChI is InChI=1S/C8H3BrClN3O2/c9-7-8(10)12-6-3-4(13(14)15)1-2-5(6)11-7/h1-3H. The Hall–Kier alpha value is -1.27. The summed E-state index contributed by atoms with van der Waals surface area (Å²) < 4.78 is 0.422. The van der Waals surface area contributed by atoms with Gasteiger partial charge in [0.15, 0.2) is 5.15 Å². The summed E-state index contributed by atoms with van der Waals surface area (Å²) in [5.41, 5.74) is 0.921. The highest BCUT2D eigenvalue weighted by Crippen LogP contribution is 2.24. The Morgan fingerprint density at radius 1 is 1.33 bits per heavy atom. The minimum Gasteiger partial charge on any atom is -0.258 e. The first kappa shape index (κ1) is 10.3. The smallest absolute Gasteiger partial charge is 0.258 e. The predicted molar refractivity (Wildman–Crippen MR) is 58.9 cm³/mol. The van der Waals surface area contributed by atoms with Crippen LogP contribution in [-0.2, 0) is 0 Å². The largest absolute Gasteiger partial charge is 0.271 e. The Morgan fingerprint density at radius 2 is 2.07 bits per heavy atom. The quantitative estimate of drug-likeness (QED) is 0.597. The number of nitro benzene ring substituents is 1. The molecule has 0 fully saturated rings. The summed E-state index contributed by atoms with van der Waals surface area (Å²) in [4.78, 5) is 18.1. The van der Waals surface area contributed by atoms with Crippen LogP contribution in [0.5, 0.6) is 0 Å². The Bertz CT molecular complexity index is 561. The maximum Gasteiger partial charge on any atom is 0.271 e. The number of benzene rings is 1. The molecule has 0 aliphatic carbocycles. The van der Waals surface area contributed by atoms with Crippen LogP contribution in [-0.4, -0.2) is 14.9 Å². The summed E-state index contributed by atoms with van der Waals surface area (Å²) >= 11 is 8.85. The summed E-state index contributed by atoms with van der Waals surface area (Å²) in [6.07, 6.45) is 0. The second-order valence-corrected chi connectivity index (χ2v) is 3.84. The fraction of sp³-hybridized carbons (Fsp3) is 0. The molecule has 0 bridgehead atoms. The Labute approximate surface area is 97.4 Å². The molecule has 0 spiro atoms. The molecule has 0 unspecified atom stereocenters. The van der Waals surface area contributed by atoms with Crippen molar-refractivity contribution in [2.75, 3.05) is 0 Å². The lowest BCUT2D eigenvalue weighted by atomic mass is 10.3. The molecule has 0 N–H and O–H groups in total. The average molecular weight is 288 g/mol. The van der Waals surface area contributed by atoms with Crippen molar-refractivity contribution in [3.63, 3.8) is 0 Å². The average Bonchev–Trinajstić information content (AvgIpc) is 2.19. The zero-order chi connectivity index (χ0) is 11.0. The van der Waals surface area contributed by atoms with Gasteiger partial charge in [-0.15, -0.1) is 0 Å². The number of hydrogen-bond donors (Lipinski definition) is 0. The highest BCUT2D eigenvalue weighted by atomic mass is 79.9. The second kappa shape index (κ2) is 3.71. The minimum atomic E-state index is -0.489. The first-order valence-electron chi connectivity index (χ1n) is 3.85. The van der Waals surface area contributed by atoms with E-state index in [2.05, 4.69) is 25.9 Å². The highest BCUT2D eigenvalue weighted by molar-refractivity contribution is 9.10. The van der Waals surface area contributed by atoms with Crippen molar-refractivity contribution in [3.8, 4) is 0 Å². The van der Waals surface area contributed by atoms with Crippen LogP contribution in [0.3, 0.4) is 0 Å². The number of aromatic nitrogens is 2. The van der Waals surface area contributed by atoms with Crippen molar-refractivity contribution in [3.05, 3.63) is 38.1 Å². The van der Waals surface area contributed by atoms with Gasteiger partial charge in [0.05, 0.1) is 16.0 Å². The Morgan fingerprint density at radius 3 is 2.73 bits per heavy atom. The summed E-state index contributed by atoms with van der Waals surface area (Å²) in [5, 5.41) is 10.7. The molecule has 7 heteroatoms. The van der Waals surface area contributed by atoms with Crippen molar-refractivity contribution in [2.24, 2.45) is 0 Å². The molecule has 1 aromatic carbocycles. The van der Waals surface area contributed by atoms with E-state index in [4.69, 9.17) is 11.6 Å². The van der Waals surface area contributed by atoms with Gasteiger partial charge in [0.1, 0.15) is 4.60 Å². The van der Waals surface area contributed by atoms with Crippen LogP contribution in [0.2, 0.25) is 5.15 Å². The molecule has 0 atom stereocenters. The van der Waals surface area contributed by atoms with E-state index in [1.807, 2.05) is 0 Å². The molecule has 0 amide bonds. The van der Waals surface area contributed by atoms with E-state index < -0.39 is 4.92 Å². The van der Waals surface area contributed by atoms with Gasteiger partial charge in [-0.25, -0.2) is 9.97 Å². The minimum absolute atomic E-state index is 0.0322. The van der Waals surface area contributed by atoms with Gasteiger partial charge in [0.2, 0.25) is 0 Å². The van der Waals surface area contributed by atoms with Gasteiger partial charge in [0.25, 0.3) is 5.69 Å². The number of nitrogens with zero attached hydrogens (tertiary/aromatic N) is 3. The molecule has 2 aromatic rings. The van der Waals surface area contributed by atoms with Gasteiger partial charge in [-0.1, -0.05) is 11.6 Å². The number of non-ortho nitro benzene ring substituents is 1. The van der Waals surface area contributed by atoms with Gasteiger partial charge in [0, 0.05) is 12.1 Å². The molecule has 76 valence electrons. The van der Waals surface area contributed by atoms with E-state index in [0.29, 0.717) is 15.6 Å². The lowest BCUT2D eigenvalue weighted by Crippen LogP contribution is -1.91. The molecular formula is C8H3BrClN3O2. The predicted octanol–water partition coefficient (Wildman–Crippen LogP) is 2.95. The number of hydrogen-bond acceptors (Lipinski definition) is 4. The van der Waals surface area contributed by atoms with Crippen LogP contribution in [0.15, 0.2) is 22.8 Å². The van der Waals surface area contributed by atoms with E-state index >= 15 is 0 Å². The first-order chi connectivity index (χ1) is 7.08. The van der Waals surface area contributed by atoms with Crippen LogP contribution >= 0.6 is 27.5 Å². The van der Waals surface area contributed by atoms with E-state index in [0.717, 1.165) is 0 Å². The number of nitro groups is 1. The third-order valence-electron chi connectivity index (χ3n) is 1.78. The Kier molecular flexibility index (Phi) is 2.54. The SMILES string of the molecule is O=[N+]([O-])c1ccc2nc(Br)c(Cl)nc2c1. The van der Waals surface area contributed by atoms with Gasteiger partial charge in [-0.3, -0.25) is 10.1 Å². The zero-order valence-corrected chi connectivity index (χ0v) is 9.49. The monoisotopic (exact) mass is 287 g/mol. The molecule has 0 saturated heterocycles. The molecule has 0 radical (unpaired) electrons. The maximum atomic E-state index is 10.5. The van der Waals surface area contributed by atoms with Crippen LogP contribution < -0.4 is 0 Å². The van der Waals surface area contributed by atoms with Gasteiger partial charge >= 0.3 is 0 Å². The molecule has 1 aromatic heterocycles. The summed E-state index contributed by atoms with van der Waals surface area (Å²) in [5.74, 6) is 0. The second-order valence-electron chi connectivity index (χ2n) is 2.74. The van der Waals surface area contributed by atoms with Crippen LogP contribution in [0.4, 0.5) is 5.69 Å². The van der Waals surface area contributed by atoms with Crippen molar-refractivity contribution in [1.29, 1.82) is 0 Å². The fourth-order valence-electron chi connectivity index (χ4n) is 1.11. The van der Waals surface area contributed by atoms with Gasteiger partial charge in [-0.05, 0) is 22.0 Å². The first-order valence-corrected chi connectivity index (χ1v) is 5.02. The molecule has 5 nitrogen and oxygen atoms in total. The summed E-state index contributed by atoms with van der Waals surface area (Å²) in [6.45, 7) is 0. The van der Waals surface area contributed by atoms with Crippen molar-refractivity contribution in [1.82, 2.24) is 9.97 Å². The van der Waals surface area contributed by atoms with Crippen molar-refractivity contribution in [2.45, 2.75) is 0 Å². The van der Waals surface area contributed by atoms with E-state index in [-0.39, 0.29) is 10.8 Å². The lowest BCUT2D eigenvalue weighted by Gasteiger charge is -1.99. The third kappa shape index (κ3) is 1.91. The summed E-state index contributed by atoms with van der Waals surface area (Å²) in [6, 6.07) is 4.24.